The van der Waals surface area contributed by atoms with Crippen LogP contribution in [0.2, 0.25) is 0 Å². The molecule has 0 spiro atoms. The van der Waals surface area contributed by atoms with E-state index in [1.165, 1.54) is 60.7 Å². The number of carbonyl (C=O) groups excluding carboxylic acids is 2. The second-order valence-corrected chi connectivity index (χ2v) is 5.85. The molecular weight excluding hydrogens is 364 g/mol. The zero-order chi connectivity index (χ0) is 20.3. The summed E-state index contributed by atoms with van der Waals surface area (Å²) in [6.07, 6.45) is 0. The van der Waals surface area contributed by atoms with Gasteiger partial charge in [0.1, 0.15) is 0 Å². The molecule has 0 N–H and O–H groups in total. The summed E-state index contributed by atoms with van der Waals surface area (Å²) < 4.78 is 0. The third kappa shape index (κ3) is 3.80. The number of nitro benzene ring substituents is 2. The molecule has 0 amide bonds. The SMILES string of the molecule is O=C(c1cccc(C(=O)c2cccc([N+](=O)[O-])c2)c1)c1cccc([N+](=O)[O-])c1. The van der Waals surface area contributed by atoms with Crippen LogP contribution >= 0.6 is 0 Å². The lowest BCUT2D eigenvalue weighted by molar-refractivity contribution is -0.385. The van der Waals surface area contributed by atoms with Crippen molar-refractivity contribution >= 4 is 22.9 Å². The standard InChI is InChI=1S/C20H12N2O6/c23-19(15-6-2-8-17(11-15)21(25)26)13-4-1-5-14(10-13)20(24)16-7-3-9-18(12-16)22(27)28/h1-12H. The van der Waals surface area contributed by atoms with Crippen molar-refractivity contribution in [2.75, 3.05) is 0 Å². The molecule has 0 unspecified atom stereocenters. The molecule has 0 radical (unpaired) electrons. The van der Waals surface area contributed by atoms with E-state index in [2.05, 4.69) is 0 Å². The molecule has 28 heavy (non-hydrogen) atoms. The zero-order valence-electron chi connectivity index (χ0n) is 14.3. The Morgan fingerprint density at radius 1 is 0.571 bits per heavy atom. The Labute approximate surface area is 158 Å². The first-order chi connectivity index (χ1) is 13.4. The lowest BCUT2D eigenvalue weighted by Gasteiger charge is -2.05. The molecular formula is C20H12N2O6. The fraction of sp³-hybridized carbons (Fsp3) is 0. The summed E-state index contributed by atoms with van der Waals surface area (Å²) in [7, 11) is 0. The van der Waals surface area contributed by atoms with E-state index >= 15 is 0 Å². The van der Waals surface area contributed by atoms with Crippen molar-refractivity contribution in [1.82, 2.24) is 0 Å². The molecule has 0 bridgehead atoms. The minimum Gasteiger partial charge on any atom is -0.289 e. The van der Waals surface area contributed by atoms with E-state index in [9.17, 15) is 29.8 Å². The smallest absolute Gasteiger partial charge is 0.270 e. The fourth-order valence-corrected chi connectivity index (χ4v) is 2.66. The number of hydrogen-bond donors (Lipinski definition) is 0. The molecule has 0 saturated heterocycles. The van der Waals surface area contributed by atoms with E-state index in [0.717, 1.165) is 12.1 Å². The number of carbonyl (C=O) groups is 2. The van der Waals surface area contributed by atoms with Crippen LogP contribution in [0.1, 0.15) is 31.8 Å². The molecule has 138 valence electrons. The van der Waals surface area contributed by atoms with Crippen LogP contribution in [0.3, 0.4) is 0 Å². The molecule has 0 aliphatic heterocycles. The molecule has 0 saturated carbocycles. The summed E-state index contributed by atoms with van der Waals surface area (Å²) in [5, 5.41) is 21.8. The summed E-state index contributed by atoms with van der Waals surface area (Å²) in [6.45, 7) is 0. The first-order valence-electron chi connectivity index (χ1n) is 8.05. The Hall–Kier alpha value is -4.20. The molecule has 3 rings (SSSR count). The van der Waals surface area contributed by atoms with Crippen LogP contribution in [0.4, 0.5) is 11.4 Å². The summed E-state index contributed by atoms with van der Waals surface area (Å²) in [6, 6.07) is 16.4. The lowest BCUT2D eigenvalue weighted by atomic mass is 9.97. The summed E-state index contributed by atoms with van der Waals surface area (Å²) in [5.41, 5.74) is 0.168. The first-order valence-corrected chi connectivity index (χ1v) is 8.05. The quantitative estimate of drug-likeness (QED) is 0.365. The molecule has 3 aromatic rings. The Morgan fingerprint density at radius 2 is 0.893 bits per heavy atom. The molecule has 8 heteroatoms. The van der Waals surface area contributed by atoms with Crippen LogP contribution in [0.25, 0.3) is 0 Å². The van der Waals surface area contributed by atoms with E-state index in [4.69, 9.17) is 0 Å². The largest absolute Gasteiger partial charge is 0.289 e. The average Bonchev–Trinajstić information content (AvgIpc) is 2.73. The van der Waals surface area contributed by atoms with Crippen LogP contribution < -0.4 is 0 Å². The van der Waals surface area contributed by atoms with Gasteiger partial charge in [0.05, 0.1) is 9.85 Å². The van der Waals surface area contributed by atoms with Crippen LogP contribution in [-0.4, -0.2) is 21.4 Å². The van der Waals surface area contributed by atoms with Gasteiger partial charge in [-0.2, -0.15) is 0 Å². The Balaban J connectivity index is 1.94. The third-order valence-corrected chi connectivity index (χ3v) is 4.03. The van der Waals surface area contributed by atoms with Gasteiger partial charge in [0.15, 0.2) is 11.6 Å². The average molecular weight is 376 g/mol. The van der Waals surface area contributed by atoms with Gasteiger partial charge in [-0.3, -0.25) is 29.8 Å². The Morgan fingerprint density at radius 3 is 1.25 bits per heavy atom. The maximum absolute atomic E-state index is 12.7. The van der Waals surface area contributed by atoms with Gasteiger partial charge < -0.3 is 0 Å². The van der Waals surface area contributed by atoms with Crippen molar-refractivity contribution in [2.45, 2.75) is 0 Å². The van der Waals surface area contributed by atoms with Gasteiger partial charge in [0, 0.05) is 46.5 Å². The number of non-ortho nitro benzene ring substituents is 2. The van der Waals surface area contributed by atoms with E-state index in [-0.39, 0.29) is 33.6 Å². The van der Waals surface area contributed by atoms with E-state index in [0.29, 0.717) is 0 Å². The number of ketones is 2. The van der Waals surface area contributed by atoms with E-state index in [1.807, 2.05) is 0 Å². The minimum absolute atomic E-state index is 0.120. The van der Waals surface area contributed by atoms with Crippen molar-refractivity contribution in [3.05, 3.63) is 115 Å². The maximum Gasteiger partial charge on any atom is 0.270 e. The van der Waals surface area contributed by atoms with Crippen LogP contribution in [0.5, 0.6) is 0 Å². The van der Waals surface area contributed by atoms with Crippen molar-refractivity contribution in [3.63, 3.8) is 0 Å². The van der Waals surface area contributed by atoms with E-state index < -0.39 is 21.4 Å². The fourth-order valence-electron chi connectivity index (χ4n) is 2.66. The van der Waals surface area contributed by atoms with Crippen LogP contribution in [0.15, 0.2) is 72.8 Å². The second-order valence-electron chi connectivity index (χ2n) is 5.85. The number of nitrogens with zero attached hydrogens (tertiary/aromatic N) is 2. The van der Waals surface area contributed by atoms with Crippen LogP contribution in [0, 0.1) is 20.2 Å². The zero-order valence-corrected chi connectivity index (χ0v) is 14.3. The number of hydrogen-bond acceptors (Lipinski definition) is 6. The normalized spacial score (nSPS) is 10.3. The molecule has 0 aliphatic rings. The highest BCUT2D eigenvalue weighted by molar-refractivity contribution is 6.13. The molecule has 0 aliphatic carbocycles. The van der Waals surface area contributed by atoms with Crippen molar-refractivity contribution in [3.8, 4) is 0 Å². The summed E-state index contributed by atoms with van der Waals surface area (Å²) in [4.78, 5) is 45.9. The van der Waals surface area contributed by atoms with Gasteiger partial charge >= 0.3 is 0 Å². The third-order valence-electron chi connectivity index (χ3n) is 4.03. The van der Waals surface area contributed by atoms with Gasteiger partial charge in [-0.1, -0.05) is 42.5 Å². The van der Waals surface area contributed by atoms with Gasteiger partial charge in [0.2, 0.25) is 0 Å². The number of rotatable bonds is 6. The molecule has 8 nitrogen and oxygen atoms in total. The first kappa shape index (κ1) is 18.6. The van der Waals surface area contributed by atoms with Crippen molar-refractivity contribution in [1.29, 1.82) is 0 Å². The molecule has 0 heterocycles. The van der Waals surface area contributed by atoms with Gasteiger partial charge in [-0.15, -0.1) is 0 Å². The second kappa shape index (κ2) is 7.58. The van der Waals surface area contributed by atoms with Gasteiger partial charge in [-0.25, -0.2) is 0 Å². The topological polar surface area (TPSA) is 120 Å². The highest BCUT2D eigenvalue weighted by atomic mass is 16.6. The summed E-state index contributed by atoms with van der Waals surface area (Å²) in [5.74, 6) is -0.949. The predicted molar refractivity (Wildman–Crippen MR) is 99.5 cm³/mol. The highest BCUT2D eigenvalue weighted by Crippen LogP contribution is 2.20. The molecule has 0 fully saturated rings. The minimum atomic E-state index is -0.598. The van der Waals surface area contributed by atoms with Crippen LogP contribution in [-0.2, 0) is 0 Å². The van der Waals surface area contributed by atoms with Crippen molar-refractivity contribution in [2.24, 2.45) is 0 Å². The van der Waals surface area contributed by atoms with E-state index in [1.54, 1.807) is 0 Å². The number of nitro groups is 2. The Bertz CT molecular complexity index is 1040. The monoisotopic (exact) mass is 376 g/mol. The molecule has 0 atom stereocenters. The maximum atomic E-state index is 12.7. The highest BCUT2D eigenvalue weighted by Gasteiger charge is 2.17. The molecule has 0 aromatic heterocycles. The lowest BCUT2D eigenvalue weighted by Crippen LogP contribution is -2.06. The van der Waals surface area contributed by atoms with Gasteiger partial charge in [0.25, 0.3) is 11.4 Å². The molecule has 3 aromatic carbocycles. The summed E-state index contributed by atoms with van der Waals surface area (Å²) >= 11 is 0. The Kier molecular flexibility index (Phi) is 5.03. The number of benzene rings is 3. The predicted octanol–water partition coefficient (Wildman–Crippen LogP) is 3.97. The van der Waals surface area contributed by atoms with Crippen molar-refractivity contribution < 1.29 is 19.4 Å². The van der Waals surface area contributed by atoms with Gasteiger partial charge in [-0.05, 0) is 6.07 Å².